The Hall–Kier alpha value is -2.35. The predicted octanol–water partition coefficient (Wildman–Crippen LogP) is 1.02. The third kappa shape index (κ3) is 3.21. The number of pyridine rings is 1. The van der Waals surface area contributed by atoms with E-state index in [1.165, 1.54) is 11.8 Å². The van der Waals surface area contributed by atoms with Gasteiger partial charge in [-0.05, 0) is 19.1 Å². The van der Waals surface area contributed by atoms with Crippen molar-refractivity contribution < 1.29 is 4.79 Å². The molecule has 2 aliphatic heterocycles. The zero-order valence-corrected chi connectivity index (χ0v) is 15.5. The zero-order valence-electron chi connectivity index (χ0n) is 14.7. The van der Waals surface area contributed by atoms with Crippen LogP contribution in [0.1, 0.15) is 5.56 Å². The van der Waals surface area contributed by atoms with Crippen molar-refractivity contribution in [3.8, 4) is 0 Å². The summed E-state index contributed by atoms with van der Waals surface area (Å²) in [5, 5.41) is 0.713. The molecule has 2 aliphatic rings. The number of aromatic nitrogens is 3. The number of hydrogen-bond acceptors (Lipinski definition) is 6. The zero-order chi connectivity index (χ0) is 18.1. The van der Waals surface area contributed by atoms with Gasteiger partial charge in [-0.15, -0.1) is 0 Å². The van der Waals surface area contributed by atoms with Crippen molar-refractivity contribution in [2.24, 2.45) is 5.92 Å². The molecule has 0 aliphatic carbocycles. The van der Waals surface area contributed by atoms with E-state index in [1.807, 2.05) is 23.1 Å². The molecule has 4 rings (SSSR count). The summed E-state index contributed by atoms with van der Waals surface area (Å²) in [4.78, 5) is 38.1. The van der Waals surface area contributed by atoms with Gasteiger partial charge in [0.15, 0.2) is 5.16 Å². The predicted molar refractivity (Wildman–Crippen MR) is 100 cm³/mol. The lowest BCUT2D eigenvalue weighted by Gasteiger charge is -2.37. The van der Waals surface area contributed by atoms with Gasteiger partial charge >= 0.3 is 0 Å². The van der Waals surface area contributed by atoms with E-state index in [0.29, 0.717) is 36.1 Å². The van der Waals surface area contributed by atoms with Gasteiger partial charge in [0.2, 0.25) is 5.91 Å². The monoisotopic (exact) mass is 371 g/mol. The molecule has 0 radical (unpaired) electrons. The molecule has 1 atom stereocenters. The van der Waals surface area contributed by atoms with Crippen LogP contribution in [0.5, 0.6) is 0 Å². The Kier molecular flexibility index (Phi) is 4.67. The molecule has 2 aromatic heterocycles. The molecule has 0 saturated carbocycles. The standard InChI is InChI=1S/C18H21N5O2S/c1-13-10-20-18-23(16(13)24)11-14(12-26-18)17(25)22-8-6-21(7-9-22)15-4-2-3-5-19-15/h2-5,10,14H,6-9,11-12H2,1H3. The number of piperazine rings is 1. The number of rotatable bonds is 2. The molecule has 8 heteroatoms. The van der Waals surface area contributed by atoms with Crippen LogP contribution < -0.4 is 10.5 Å². The Balaban J connectivity index is 1.41. The maximum Gasteiger partial charge on any atom is 0.257 e. The number of thioether (sulfide) groups is 1. The van der Waals surface area contributed by atoms with E-state index in [0.717, 1.165) is 18.9 Å². The summed E-state index contributed by atoms with van der Waals surface area (Å²) in [6.07, 6.45) is 3.40. The minimum atomic E-state index is -0.171. The van der Waals surface area contributed by atoms with Crippen molar-refractivity contribution in [3.05, 3.63) is 46.5 Å². The molecule has 136 valence electrons. The second-order valence-corrected chi connectivity index (χ2v) is 7.63. The number of nitrogens with zero attached hydrogens (tertiary/aromatic N) is 5. The summed E-state index contributed by atoms with van der Waals surface area (Å²) in [5.74, 6) is 1.59. The summed E-state index contributed by atoms with van der Waals surface area (Å²) in [7, 11) is 0. The summed E-state index contributed by atoms with van der Waals surface area (Å²) in [5.41, 5.74) is 0.575. The Morgan fingerprint density at radius 1 is 1.19 bits per heavy atom. The molecule has 1 fully saturated rings. The van der Waals surface area contributed by atoms with Crippen molar-refractivity contribution in [2.75, 3.05) is 36.8 Å². The molecule has 0 spiro atoms. The highest BCUT2D eigenvalue weighted by Gasteiger charge is 2.32. The first-order chi connectivity index (χ1) is 12.6. The van der Waals surface area contributed by atoms with Gasteiger partial charge < -0.3 is 9.80 Å². The number of aryl methyl sites for hydroxylation is 1. The fraction of sp³-hybridized carbons (Fsp3) is 0.444. The molecule has 0 aromatic carbocycles. The smallest absolute Gasteiger partial charge is 0.257 e. The van der Waals surface area contributed by atoms with E-state index in [9.17, 15) is 9.59 Å². The van der Waals surface area contributed by atoms with Crippen LogP contribution in [0.25, 0.3) is 0 Å². The minimum Gasteiger partial charge on any atom is -0.353 e. The molecule has 2 aromatic rings. The van der Waals surface area contributed by atoms with Gasteiger partial charge in [0.05, 0.1) is 5.92 Å². The summed E-state index contributed by atoms with van der Waals surface area (Å²) in [6, 6.07) is 5.87. The van der Waals surface area contributed by atoms with Crippen molar-refractivity contribution >= 4 is 23.5 Å². The molecule has 1 amide bonds. The molecule has 26 heavy (non-hydrogen) atoms. The number of anilines is 1. The third-order valence-electron chi connectivity index (χ3n) is 4.91. The van der Waals surface area contributed by atoms with Crippen LogP contribution in [0.2, 0.25) is 0 Å². The van der Waals surface area contributed by atoms with Crippen LogP contribution >= 0.6 is 11.8 Å². The maximum absolute atomic E-state index is 12.9. The van der Waals surface area contributed by atoms with Crippen molar-refractivity contribution in [1.82, 2.24) is 19.4 Å². The molecular formula is C18H21N5O2S. The Morgan fingerprint density at radius 2 is 2.00 bits per heavy atom. The van der Waals surface area contributed by atoms with Gasteiger partial charge in [-0.3, -0.25) is 14.2 Å². The lowest BCUT2D eigenvalue weighted by molar-refractivity contribution is -0.135. The molecule has 1 unspecified atom stereocenters. The highest BCUT2D eigenvalue weighted by atomic mass is 32.2. The molecule has 7 nitrogen and oxygen atoms in total. The van der Waals surface area contributed by atoms with Crippen molar-refractivity contribution in [3.63, 3.8) is 0 Å². The van der Waals surface area contributed by atoms with Crippen LogP contribution in [0.15, 0.2) is 40.5 Å². The number of hydrogen-bond donors (Lipinski definition) is 0. The first-order valence-corrected chi connectivity index (χ1v) is 9.76. The Bertz CT molecular complexity index is 862. The molecule has 0 bridgehead atoms. The van der Waals surface area contributed by atoms with Crippen LogP contribution in [0, 0.1) is 12.8 Å². The lowest BCUT2D eigenvalue weighted by atomic mass is 10.1. The van der Waals surface area contributed by atoms with Crippen molar-refractivity contribution in [1.29, 1.82) is 0 Å². The quantitative estimate of drug-likeness (QED) is 0.734. The average molecular weight is 371 g/mol. The molecule has 0 N–H and O–H groups in total. The van der Waals surface area contributed by atoms with E-state index in [1.54, 1.807) is 23.9 Å². The topological polar surface area (TPSA) is 71.3 Å². The van der Waals surface area contributed by atoms with Crippen LogP contribution in [-0.2, 0) is 11.3 Å². The van der Waals surface area contributed by atoms with Crippen molar-refractivity contribution in [2.45, 2.75) is 18.6 Å². The first-order valence-electron chi connectivity index (χ1n) is 8.77. The summed E-state index contributed by atoms with van der Waals surface area (Å²) in [6.45, 7) is 5.11. The Labute approximate surface area is 156 Å². The SMILES string of the molecule is Cc1cnc2n(c1=O)CC(C(=O)N1CCN(c3ccccn3)CC1)CS2. The number of carbonyl (C=O) groups excluding carboxylic acids is 1. The van der Waals surface area contributed by atoms with Gasteiger partial charge in [0, 0.05) is 56.4 Å². The fourth-order valence-electron chi connectivity index (χ4n) is 3.41. The van der Waals surface area contributed by atoms with Gasteiger partial charge in [-0.2, -0.15) is 0 Å². The number of fused-ring (bicyclic) bond motifs is 1. The normalized spacial score (nSPS) is 20.0. The van der Waals surface area contributed by atoms with E-state index < -0.39 is 0 Å². The lowest BCUT2D eigenvalue weighted by Crippen LogP contribution is -2.52. The third-order valence-corrected chi connectivity index (χ3v) is 6.07. The van der Waals surface area contributed by atoms with E-state index in [2.05, 4.69) is 14.9 Å². The van der Waals surface area contributed by atoms with Crippen LogP contribution in [0.3, 0.4) is 0 Å². The van der Waals surface area contributed by atoms with Gasteiger partial charge in [-0.25, -0.2) is 9.97 Å². The van der Waals surface area contributed by atoms with E-state index in [-0.39, 0.29) is 17.4 Å². The average Bonchev–Trinajstić information content (AvgIpc) is 2.71. The van der Waals surface area contributed by atoms with Crippen LogP contribution in [-0.4, -0.2) is 57.3 Å². The van der Waals surface area contributed by atoms with E-state index in [4.69, 9.17) is 0 Å². The number of carbonyl (C=O) groups is 1. The fourth-order valence-corrected chi connectivity index (χ4v) is 4.44. The minimum absolute atomic E-state index is 0.0417. The van der Waals surface area contributed by atoms with Gasteiger partial charge in [0.1, 0.15) is 5.82 Å². The van der Waals surface area contributed by atoms with E-state index >= 15 is 0 Å². The van der Waals surface area contributed by atoms with Crippen LogP contribution in [0.4, 0.5) is 5.82 Å². The molecular weight excluding hydrogens is 350 g/mol. The highest BCUT2D eigenvalue weighted by molar-refractivity contribution is 7.99. The van der Waals surface area contributed by atoms with Gasteiger partial charge in [-0.1, -0.05) is 17.8 Å². The second kappa shape index (κ2) is 7.11. The highest BCUT2D eigenvalue weighted by Crippen LogP contribution is 2.26. The second-order valence-electron chi connectivity index (χ2n) is 6.65. The largest absolute Gasteiger partial charge is 0.353 e. The molecule has 1 saturated heterocycles. The summed E-state index contributed by atoms with van der Waals surface area (Å²) >= 11 is 1.49. The molecule has 4 heterocycles. The Morgan fingerprint density at radius 3 is 2.73 bits per heavy atom. The number of amides is 1. The van der Waals surface area contributed by atoms with Gasteiger partial charge in [0.25, 0.3) is 5.56 Å². The summed E-state index contributed by atoms with van der Waals surface area (Å²) < 4.78 is 1.65. The maximum atomic E-state index is 12.9. The first kappa shape index (κ1) is 17.1.